The summed E-state index contributed by atoms with van der Waals surface area (Å²) >= 11 is 0. The second kappa shape index (κ2) is 7.49. The summed E-state index contributed by atoms with van der Waals surface area (Å²) in [5.41, 5.74) is -2.13. The van der Waals surface area contributed by atoms with Gasteiger partial charge in [0, 0.05) is 12.1 Å². The molecule has 0 bridgehead atoms. The number of alkyl halides is 3. The maximum absolute atomic E-state index is 12.8. The van der Waals surface area contributed by atoms with Crippen LogP contribution < -0.4 is 5.32 Å². The molecule has 0 aliphatic carbocycles. The second-order valence-electron chi connectivity index (χ2n) is 6.24. The summed E-state index contributed by atoms with van der Waals surface area (Å²) in [4.78, 5) is 11.6. The predicted molar refractivity (Wildman–Crippen MR) is 78.0 cm³/mol. The molecule has 1 aromatic heterocycles. The summed E-state index contributed by atoms with van der Waals surface area (Å²) in [6.07, 6.45) is -6.00. The molecule has 1 heterocycles. The Morgan fingerprint density at radius 1 is 1.42 bits per heavy atom. The quantitative estimate of drug-likeness (QED) is 0.599. The number of hydrogen-bond donors (Lipinski definition) is 2. The van der Waals surface area contributed by atoms with Gasteiger partial charge in [0.1, 0.15) is 5.69 Å². The third kappa shape index (κ3) is 6.10. The van der Waals surface area contributed by atoms with Gasteiger partial charge in [-0.05, 0) is 27.7 Å². The lowest BCUT2D eigenvalue weighted by atomic mass is 10.2. The minimum atomic E-state index is -4.68. The number of esters is 1. The van der Waals surface area contributed by atoms with Crippen molar-refractivity contribution in [3.63, 3.8) is 0 Å². The lowest BCUT2D eigenvalue weighted by molar-refractivity contribution is -0.185. The lowest BCUT2D eigenvalue weighted by Crippen LogP contribution is -2.44. The van der Waals surface area contributed by atoms with Crippen LogP contribution in [0.2, 0.25) is 0 Å². The molecular formula is C14H22F3N3O4. The van der Waals surface area contributed by atoms with E-state index in [9.17, 15) is 23.1 Å². The summed E-state index contributed by atoms with van der Waals surface area (Å²) < 4.78 is 48.9. The molecule has 0 saturated heterocycles. The van der Waals surface area contributed by atoms with Gasteiger partial charge in [-0.1, -0.05) is 0 Å². The lowest BCUT2D eigenvalue weighted by Gasteiger charge is -2.26. The van der Waals surface area contributed by atoms with Crippen molar-refractivity contribution in [2.75, 3.05) is 7.11 Å². The highest BCUT2D eigenvalue weighted by atomic mass is 19.4. The number of rotatable bonds is 6. The smallest absolute Gasteiger partial charge is 0.435 e. The zero-order valence-electron chi connectivity index (χ0n) is 14.1. The molecule has 138 valence electrons. The summed E-state index contributed by atoms with van der Waals surface area (Å²) in [5, 5.41) is 15.8. The Bertz CT molecular complexity index is 567. The van der Waals surface area contributed by atoms with Crippen molar-refractivity contribution in [2.45, 2.75) is 58.5 Å². The van der Waals surface area contributed by atoms with E-state index < -0.39 is 35.9 Å². The fourth-order valence-electron chi connectivity index (χ4n) is 1.89. The molecule has 0 amide bonds. The minimum absolute atomic E-state index is 0.106. The van der Waals surface area contributed by atoms with Crippen molar-refractivity contribution in [1.29, 1.82) is 0 Å². The van der Waals surface area contributed by atoms with Crippen LogP contribution in [0.1, 0.15) is 43.9 Å². The Hall–Kier alpha value is -1.65. The van der Waals surface area contributed by atoms with Crippen LogP contribution in [0.25, 0.3) is 0 Å². The van der Waals surface area contributed by atoms with Crippen molar-refractivity contribution < 1.29 is 32.5 Å². The normalized spacial score (nSPS) is 15.2. The number of nitrogens with zero attached hydrogens (tertiary/aromatic N) is 2. The SMILES string of the molecule is COC(=O)c1cc(C(F)(F)F)nn1C[C@H](C)NC(O)OC(C)(C)C. The minimum Gasteiger partial charge on any atom is -0.464 e. The number of hydrogen-bond acceptors (Lipinski definition) is 6. The number of nitrogens with one attached hydrogen (secondary N) is 1. The van der Waals surface area contributed by atoms with E-state index in [1.54, 1.807) is 27.7 Å². The summed E-state index contributed by atoms with van der Waals surface area (Å²) in [5.74, 6) is -0.934. The fraction of sp³-hybridized carbons (Fsp3) is 0.714. The Morgan fingerprint density at radius 3 is 2.46 bits per heavy atom. The Morgan fingerprint density at radius 2 is 2.00 bits per heavy atom. The van der Waals surface area contributed by atoms with E-state index in [-0.39, 0.29) is 12.2 Å². The van der Waals surface area contributed by atoms with Gasteiger partial charge >= 0.3 is 12.1 Å². The van der Waals surface area contributed by atoms with Gasteiger partial charge in [-0.15, -0.1) is 0 Å². The molecule has 1 aromatic rings. The molecule has 0 fully saturated rings. The first-order valence-corrected chi connectivity index (χ1v) is 7.19. The van der Waals surface area contributed by atoms with Crippen LogP contribution in [0.15, 0.2) is 6.07 Å². The number of aliphatic hydroxyl groups excluding tert-OH is 1. The number of aliphatic hydroxyl groups is 1. The largest absolute Gasteiger partial charge is 0.464 e. The van der Waals surface area contributed by atoms with E-state index in [1.165, 1.54) is 0 Å². The van der Waals surface area contributed by atoms with Gasteiger partial charge in [0.2, 0.25) is 6.41 Å². The molecule has 0 aliphatic rings. The highest BCUT2D eigenvalue weighted by molar-refractivity contribution is 5.87. The van der Waals surface area contributed by atoms with Crippen LogP contribution in [0.5, 0.6) is 0 Å². The van der Waals surface area contributed by atoms with Crippen LogP contribution in [0.4, 0.5) is 13.2 Å². The standard InChI is InChI=1S/C14H22F3N3O4/c1-8(18-12(22)24-13(2,3)4)7-20-9(11(21)23-5)6-10(19-20)14(15,16)17/h6,8,12,18,22H,7H2,1-5H3/t8-,12?/m0/s1. The average Bonchev–Trinajstić information content (AvgIpc) is 2.78. The van der Waals surface area contributed by atoms with Crippen molar-refractivity contribution in [2.24, 2.45) is 0 Å². The van der Waals surface area contributed by atoms with E-state index in [4.69, 9.17) is 4.74 Å². The Kier molecular flexibility index (Phi) is 6.37. The highest BCUT2D eigenvalue weighted by Gasteiger charge is 2.36. The maximum atomic E-state index is 12.8. The Balaban J connectivity index is 2.89. The number of halogens is 3. The van der Waals surface area contributed by atoms with E-state index in [0.717, 1.165) is 11.8 Å². The molecule has 0 aromatic carbocycles. The zero-order valence-corrected chi connectivity index (χ0v) is 14.1. The van der Waals surface area contributed by atoms with Crippen LogP contribution in [-0.2, 0) is 22.2 Å². The Labute approximate surface area is 137 Å². The third-order valence-corrected chi connectivity index (χ3v) is 2.80. The molecule has 2 atom stereocenters. The van der Waals surface area contributed by atoms with Crippen molar-refractivity contribution in [3.8, 4) is 0 Å². The van der Waals surface area contributed by atoms with Gasteiger partial charge in [0.15, 0.2) is 5.69 Å². The molecule has 24 heavy (non-hydrogen) atoms. The van der Waals surface area contributed by atoms with E-state index in [0.29, 0.717) is 6.07 Å². The van der Waals surface area contributed by atoms with Crippen LogP contribution in [-0.4, -0.2) is 46.0 Å². The number of carbonyl (C=O) groups excluding carboxylic acids is 1. The molecule has 0 aliphatic heterocycles. The third-order valence-electron chi connectivity index (χ3n) is 2.80. The first kappa shape index (κ1) is 20.4. The molecule has 0 spiro atoms. The van der Waals surface area contributed by atoms with Crippen molar-refractivity contribution >= 4 is 5.97 Å². The molecule has 7 nitrogen and oxygen atoms in total. The van der Waals surface area contributed by atoms with Crippen molar-refractivity contribution in [3.05, 3.63) is 17.5 Å². The van der Waals surface area contributed by atoms with Crippen LogP contribution in [0, 0.1) is 0 Å². The van der Waals surface area contributed by atoms with Crippen LogP contribution in [0.3, 0.4) is 0 Å². The van der Waals surface area contributed by atoms with E-state index in [1.807, 2.05) is 0 Å². The van der Waals surface area contributed by atoms with Gasteiger partial charge in [-0.25, -0.2) is 4.79 Å². The molecule has 2 N–H and O–H groups in total. The zero-order chi connectivity index (χ0) is 18.7. The summed E-state index contributed by atoms with van der Waals surface area (Å²) in [6, 6.07) is 0.0902. The molecule has 1 unspecified atom stereocenters. The average molecular weight is 353 g/mol. The van der Waals surface area contributed by atoms with Crippen LogP contribution >= 0.6 is 0 Å². The molecular weight excluding hydrogens is 331 g/mol. The van der Waals surface area contributed by atoms with Crippen molar-refractivity contribution in [1.82, 2.24) is 15.1 Å². The molecule has 10 heteroatoms. The van der Waals surface area contributed by atoms with Gasteiger partial charge in [-0.2, -0.15) is 18.3 Å². The first-order chi connectivity index (χ1) is 10.8. The van der Waals surface area contributed by atoms with Gasteiger partial charge < -0.3 is 14.6 Å². The van der Waals surface area contributed by atoms with Gasteiger partial charge in [0.05, 0.1) is 19.3 Å². The van der Waals surface area contributed by atoms with E-state index >= 15 is 0 Å². The molecule has 0 saturated carbocycles. The monoisotopic (exact) mass is 353 g/mol. The fourth-order valence-corrected chi connectivity index (χ4v) is 1.89. The number of ether oxygens (including phenoxy) is 2. The number of aromatic nitrogens is 2. The van der Waals surface area contributed by atoms with E-state index in [2.05, 4.69) is 15.2 Å². The predicted octanol–water partition coefficient (Wildman–Crippen LogP) is 1.76. The maximum Gasteiger partial charge on any atom is 0.435 e. The first-order valence-electron chi connectivity index (χ1n) is 7.19. The summed E-state index contributed by atoms with van der Waals surface area (Å²) in [6.45, 7) is 6.71. The second-order valence-corrected chi connectivity index (χ2v) is 6.24. The highest BCUT2D eigenvalue weighted by Crippen LogP contribution is 2.28. The van der Waals surface area contributed by atoms with Gasteiger partial charge in [0.25, 0.3) is 0 Å². The number of carbonyl (C=O) groups is 1. The molecule has 0 radical (unpaired) electrons. The van der Waals surface area contributed by atoms with Gasteiger partial charge in [-0.3, -0.25) is 10.00 Å². The summed E-state index contributed by atoms with van der Waals surface area (Å²) in [7, 11) is 1.07. The number of methoxy groups -OCH3 is 1. The topological polar surface area (TPSA) is 85.6 Å². The molecule has 1 rings (SSSR count).